The third-order valence-electron chi connectivity index (χ3n) is 3.82. The van der Waals surface area contributed by atoms with Crippen LogP contribution in [0.15, 0.2) is 29.8 Å². The molecule has 0 aliphatic carbocycles. The number of halogens is 1. The van der Waals surface area contributed by atoms with Gasteiger partial charge in [0.2, 0.25) is 0 Å². The lowest BCUT2D eigenvalue weighted by Crippen LogP contribution is -2.36. The van der Waals surface area contributed by atoms with E-state index in [-0.39, 0.29) is 24.2 Å². The molecule has 0 bridgehead atoms. The number of nitrogens with one attached hydrogen (secondary N) is 3. The molecule has 3 rings (SSSR count). The third-order valence-corrected chi connectivity index (χ3v) is 3.82. The van der Waals surface area contributed by atoms with Gasteiger partial charge < -0.3 is 20.7 Å². The normalized spacial score (nSPS) is 19.4. The fraction of sp³-hybridized carbons (Fsp3) is 0.375. The summed E-state index contributed by atoms with van der Waals surface area (Å²) in [6.45, 7) is 3.98. The van der Waals surface area contributed by atoms with E-state index in [2.05, 4.69) is 22.0 Å². The zero-order chi connectivity index (χ0) is 15.5. The fourth-order valence-electron chi connectivity index (χ4n) is 2.53. The summed E-state index contributed by atoms with van der Waals surface area (Å²) in [5.74, 6) is 0.0379. The van der Waals surface area contributed by atoms with Crippen LogP contribution in [0, 0.1) is 0 Å². The Bertz CT molecular complexity index is 645. The largest absolute Gasteiger partial charge is 0.478 e. The highest BCUT2D eigenvalue weighted by Gasteiger charge is 2.27. The molecule has 1 unspecified atom stereocenters. The van der Waals surface area contributed by atoms with Crippen LogP contribution in [0.5, 0.6) is 5.75 Å². The van der Waals surface area contributed by atoms with Gasteiger partial charge in [-0.25, -0.2) is 0 Å². The molecule has 2 aliphatic rings. The molecule has 2 aliphatic heterocycles. The number of ether oxygens (including phenoxy) is 1. The van der Waals surface area contributed by atoms with Crippen molar-refractivity contribution in [3.05, 3.63) is 35.4 Å². The molecule has 7 heteroatoms. The average molecular weight is 338 g/mol. The maximum absolute atomic E-state index is 12.4. The van der Waals surface area contributed by atoms with Crippen LogP contribution in [0.1, 0.15) is 23.7 Å². The van der Waals surface area contributed by atoms with Crippen LogP contribution in [-0.4, -0.2) is 37.6 Å². The van der Waals surface area contributed by atoms with E-state index in [1.165, 1.54) is 5.57 Å². The zero-order valence-electron chi connectivity index (χ0n) is 12.8. The van der Waals surface area contributed by atoms with E-state index in [0.29, 0.717) is 23.5 Å². The third kappa shape index (κ3) is 3.83. The predicted octanol–water partition coefficient (Wildman–Crippen LogP) is 1.48. The van der Waals surface area contributed by atoms with Crippen molar-refractivity contribution in [2.24, 2.45) is 0 Å². The van der Waals surface area contributed by atoms with Gasteiger partial charge in [0, 0.05) is 13.1 Å². The molecule has 0 radical (unpaired) electrons. The van der Waals surface area contributed by atoms with E-state index >= 15 is 0 Å². The number of fused-ring (bicyclic) bond motifs is 1. The average Bonchev–Trinajstić information content (AvgIpc) is 2.54. The van der Waals surface area contributed by atoms with E-state index in [1.54, 1.807) is 25.1 Å². The molecule has 1 aromatic rings. The summed E-state index contributed by atoms with van der Waals surface area (Å²) in [4.78, 5) is 24.0. The topological polar surface area (TPSA) is 79.5 Å². The van der Waals surface area contributed by atoms with Crippen molar-refractivity contribution in [2.45, 2.75) is 19.4 Å². The Morgan fingerprint density at radius 2 is 2.26 bits per heavy atom. The summed E-state index contributed by atoms with van der Waals surface area (Å²) in [5, 5.41) is 8.90. The second-order valence-electron chi connectivity index (χ2n) is 5.43. The predicted molar refractivity (Wildman–Crippen MR) is 90.3 cm³/mol. The minimum Gasteiger partial charge on any atom is -0.478 e. The summed E-state index contributed by atoms with van der Waals surface area (Å²) < 4.78 is 5.59. The number of amides is 2. The van der Waals surface area contributed by atoms with Crippen LogP contribution in [-0.2, 0) is 4.79 Å². The molecule has 124 valence electrons. The number of anilines is 1. The molecule has 1 aromatic carbocycles. The standard InChI is InChI=1S/C16H19N3O3.ClH/c1-10-15(20)19-13-4-2-3-12(14(13)22-10)16(21)18-9-11-5-7-17-8-6-11;/h2-5,10,17H,6-9H2,1H3,(H,18,21)(H,19,20);1H. The van der Waals surface area contributed by atoms with Gasteiger partial charge in [-0.3, -0.25) is 9.59 Å². The van der Waals surface area contributed by atoms with Crippen molar-refractivity contribution >= 4 is 29.9 Å². The first-order chi connectivity index (χ1) is 10.6. The molecule has 6 nitrogen and oxygen atoms in total. The van der Waals surface area contributed by atoms with Crippen LogP contribution in [0.25, 0.3) is 0 Å². The second kappa shape index (κ2) is 7.48. The molecule has 23 heavy (non-hydrogen) atoms. The van der Waals surface area contributed by atoms with Crippen LogP contribution in [0.3, 0.4) is 0 Å². The van der Waals surface area contributed by atoms with Gasteiger partial charge in [-0.2, -0.15) is 0 Å². The molecule has 0 aromatic heterocycles. The molecule has 2 heterocycles. The molecule has 2 amide bonds. The number of para-hydroxylation sites is 1. The van der Waals surface area contributed by atoms with Crippen LogP contribution >= 0.6 is 12.4 Å². The van der Waals surface area contributed by atoms with Crippen molar-refractivity contribution < 1.29 is 14.3 Å². The van der Waals surface area contributed by atoms with E-state index in [0.717, 1.165) is 19.5 Å². The highest BCUT2D eigenvalue weighted by atomic mass is 35.5. The molecular formula is C16H20ClN3O3. The molecule has 0 spiro atoms. The number of hydrogen-bond donors (Lipinski definition) is 3. The lowest BCUT2D eigenvalue weighted by Gasteiger charge is -2.25. The number of carbonyl (C=O) groups is 2. The number of hydrogen-bond acceptors (Lipinski definition) is 4. The van der Waals surface area contributed by atoms with E-state index in [4.69, 9.17) is 4.74 Å². The molecule has 3 N–H and O–H groups in total. The minimum atomic E-state index is -0.603. The Morgan fingerprint density at radius 3 is 3.00 bits per heavy atom. The maximum atomic E-state index is 12.4. The Morgan fingerprint density at radius 1 is 1.43 bits per heavy atom. The Hall–Kier alpha value is -2.05. The summed E-state index contributed by atoms with van der Waals surface area (Å²) in [6, 6.07) is 5.16. The smallest absolute Gasteiger partial charge is 0.265 e. The van der Waals surface area contributed by atoms with Gasteiger partial charge in [-0.05, 0) is 32.0 Å². The molecular weight excluding hydrogens is 318 g/mol. The van der Waals surface area contributed by atoms with Gasteiger partial charge in [0.1, 0.15) is 0 Å². The maximum Gasteiger partial charge on any atom is 0.265 e. The van der Waals surface area contributed by atoms with Crippen molar-refractivity contribution in [1.29, 1.82) is 0 Å². The van der Waals surface area contributed by atoms with Crippen molar-refractivity contribution in [2.75, 3.05) is 25.0 Å². The summed E-state index contributed by atoms with van der Waals surface area (Å²) in [7, 11) is 0. The second-order valence-corrected chi connectivity index (χ2v) is 5.43. The van der Waals surface area contributed by atoms with E-state index < -0.39 is 6.10 Å². The molecule has 0 fully saturated rings. The van der Waals surface area contributed by atoms with Gasteiger partial charge in [0.05, 0.1) is 11.3 Å². The number of rotatable bonds is 3. The zero-order valence-corrected chi connectivity index (χ0v) is 13.7. The first kappa shape index (κ1) is 17.3. The lowest BCUT2D eigenvalue weighted by atomic mass is 10.1. The van der Waals surface area contributed by atoms with Gasteiger partial charge in [-0.15, -0.1) is 12.4 Å². The molecule has 1 atom stereocenters. The monoisotopic (exact) mass is 337 g/mol. The lowest BCUT2D eigenvalue weighted by molar-refractivity contribution is -0.122. The summed E-state index contributed by atoms with van der Waals surface area (Å²) >= 11 is 0. The minimum absolute atomic E-state index is 0. The van der Waals surface area contributed by atoms with Crippen LogP contribution in [0.2, 0.25) is 0 Å². The highest BCUT2D eigenvalue weighted by molar-refractivity contribution is 6.04. The summed E-state index contributed by atoms with van der Waals surface area (Å²) in [5.41, 5.74) is 2.20. The summed E-state index contributed by atoms with van der Waals surface area (Å²) in [6.07, 6.45) is 2.44. The first-order valence-electron chi connectivity index (χ1n) is 7.42. The van der Waals surface area contributed by atoms with Crippen molar-refractivity contribution in [1.82, 2.24) is 10.6 Å². The van der Waals surface area contributed by atoms with Crippen LogP contribution in [0.4, 0.5) is 5.69 Å². The van der Waals surface area contributed by atoms with Gasteiger partial charge in [0.25, 0.3) is 11.8 Å². The van der Waals surface area contributed by atoms with Crippen molar-refractivity contribution in [3.8, 4) is 5.75 Å². The Balaban J connectivity index is 0.00000192. The highest BCUT2D eigenvalue weighted by Crippen LogP contribution is 2.33. The first-order valence-corrected chi connectivity index (χ1v) is 7.42. The molecule has 0 saturated heterocycles. The van der Waals surface area contributed by atoms with Gasteiger partial charge >= 0.3 is 0 Å². The van der Waals surface area contributed by atoms with E-state index in [9.17, 15) is 9.59 Å². The fourth-order valence-corrected chi connectivity index (χ4v) is 2.53. The molecule has 0 saturated carbocycles. The Kier molecular flexibility index (Phi) is 5.63. The SMILES string of the molecule is CC1Oc2c(cccc2C(=O)NCC2=CCNCC2)NC1=O.Cl. The number of benzene rings is 1. The Labute approximate surface area is 141 Å². The van der Waals surface area contributed by atoms with E-state index in [1.807, 2.05) is 0 Å². The van der Waals surface area contributed by atoms with Gasteiger partial charge in [-0.1, -0.05) is 17.7 Å². The quantitative estimate of drug-likeness (QED) is 0.730. The van der Waals surface area contributed by atoms with Gasteiger partial charge in [0.15, 0.2) is 11.9 Å². The van der Waals surface area contributed by atoms with Crippen LogP contribution < -0.4 is 20.7 Å². The van der Waals surface area contributed by atoms with Crippen molar-refractivity contribution in [3.63, 3.8) is 0 Å². The number of carbonyl (C=O) groups excluding carboxylic acids is 2.